The maximum Gasteiger partial charge on any atom is 0.573 e. The van der Waals surface area contributed by atoms with Crippen molar-refractivity contribution in [1.82, 2.24) is 4.72 Å². The highest BCUT2D eigenvalue weighted by Gasteiger charge is 2.31. The Balaban J connectivity index is 1.66. The van der Waals surface area contributed by atoms with Crippen molar-refractivity contribution in [1.29, 1.82) is 0 Å². The third-order valence-corrected chi connectivity index (χ3v) is 6.48. The zero-order valence-corrected chi connectivity index (χ0v) is 16.0. The van der Waals surface area contributed by atoms with Crippen LogP contribution in [0.2, 0.25) is 0 Å². The van der Waals surface area contributed by atoms with Gasteiger partial charge in [0.05, 0.1) is 4.90 Å². The summed E-state index contributed by atoms with van der Waals surface area (Å²) in [6.07, 6.45) is -0.699. The Morgan fingerprint density at radius 3 is 2.25 bits per heavy atom. The molecule has 28 heavy (non-hydrogen) atoms. The predicted molar refractivity (Wildman–Crippen MR) is 99.5 cm³/mol. The molecule has 2 atom stereocenters. The fourth-order valence-electron chi connectivity index (χ4n) is 3.71. The SMILES string of the molecule is O=S(=O)(NC[C@@H]1CCCC[C@@H]1c1ccccc1)c1ccc(OC(F)(F)F)cc1. The first-order valence-corrected chi connectivity index (χ1v) is 10.6. The first-order valence-electron chi connectivity index (χ1n) is 9.15. The zero-order valence-electron chi connectivity index (χ0n) is 15.2. The second-order valence-corrected chi connectivity index (χ2v) is 8.70. The number of hydrogen-bond acceptors (Lipinski definition) is 3. The largest absolute Gasteiger partial charge is 0.573 e. The lowest BCUT2D eigenvalue weighted by Crippen LogP contribution is -2.33. The summed E-state index contributed by atoms with van der Waals surface area (Å²) in [7, 11) is -3.81. The minimum atomic E-state index is -4.81. The Hall–Kier alpha value is -2.06. The van der Waals surface area contributed by atoms with Gasteiger partial charge in [-0.3, -0.25) is 0 Å². The highest BCUT2D eigenvalue weighted by atomic mass is 32.2. The monoisotopic (exact) mass is 413 g/mol. The van der Waals surface area contributed by atoms with E-state index in [9.17, 15) is 21.6 Å². The molecule has 0 unspecified atom stereocenters. The molecule has 0 spiro atoms. The lowest BCUT2D eigenvalue weighted by Gasteiger charge is -2.32. The van der Waals surface area contributed by atoms with Crippen molar-refractivity contribution in [2.45, 2.75) is 42.9 Å². The van der Waals surface area contributed by atoms with E-state index in [1.807, 2.05) is 18.2 Å². The number of ether oxygens (including phenoxy) is 1. The van der Waals surface area contributed by atoms with Gasteiger partial charge in [-0.2, -0.15) is 0 Å². The Kier molecular flexibility index (Phi) is 6.30. The van der Waals surface area contributed by atoms with E-state index in [-0.39, 0.29) is 10.8 Å². The summed E-state index contributed by atoms with van der Waals surface area (Å²) < 4.78 is 68.2. The van der Waals surface area contributed by atoms with Crippen LogP contribution in [0, 0.1) is 5.92 Å². The van der Waals surface area contributed by atoms with Gasteiger partial charge in [-0.25, -0.2) is 13.1 Å². The molecule has 1 N–H and O–H groups in total. The van der Waals surface area contributed by atoms with Crippen molar-refractivity contribution in [3.05, 3.63) is 60.2 Å². The van der Waals surface area contributed by atoms with Crippen LogP contribution in [-0.4, -0.2) is 21.3 Å². The zero-order chi connectivity index (χ0) is 20.2. The molecule has 8 heteroatoms. The Morgan fingerprint density at radius 1 is 0.964 bits per heavy atom. The van der Waals surface area contributed by atoms with Crippen molar-refractivity contribution in [2.24, 2.45) is 5.92 Å². The molecule has 152 valence electrons. The molecule has 0 aliphatic heterocycles. The van der Waals surface area contributed by atoms with Crippen LogP contribution >= 0.6 is 0 Å². The minimum Gasteiger partial charge on any atom is -0.406 e. The normalized spacial score (nSPS) is 20.7. The lowest BCUT2D eigenvalue weighted by molar-refractivity contribution is -0.274. The third-order valence-electron chi connectivity index (χ3n) is 5.04. The van der Waals surface area contributed by atoms with Crippen LogP contribution in [-0.2, 0) is 10.0 Å². The van der Waals surface area contributed by atoms with Crippen LogP contribution in [0.1, 0.15) is 37.2 Å². The summed E-state index contributed by atoms with van der Waals surface area (Å²) in [5.74, 6) is 0.0156. The van der Waals surface area contributed by atoms with E-state index >= 15 is 0 Å². The van der Waals surface area contributed by atoms with Gasteiger partial charge < -0.3 is 4.74 Å². The molecule has 1 saturated carbocycles. The highest BCUT2D eigenvalue weighted by molar-refractivity contribution is 7.89. The Labute approximate surface area is 162 Å². The number of rotatable bonds is 6. The topological polar surface area (TPSA) is 55.4 Å². The molecule has 0 aromatic heterocycles. The summed E-state index contributed by atoms with van der Waals surface area (Å²) in [5.41, 5.74) is 1.21. The number of nitrogens with one attached hydrogen (secondary N) is 1. The van der Waals surface area contributed by atoms with E-state index < -0.39 is 22.1 Å². The standard InChI is InChI=1S/C20H22F3NO3S/c21-20(22,23)27-17-10-12-18(13-11-17)28(25,26)24-14-16-8-4-5-9-19(16)15-6-2-1-3-7-15/h1-3,6-7,10-13,16,19,24H,4-5,8-9,14H2/t16-,19+/m0/s1. The molecule has 4 nitrogen and oxygen atoms in total. The molecule has 3 rings (SSSR count). The Bertz CT molecular complexity index is 868. The van der Waals surface area contributed by atoms with Crippen molar-refractivity contribution >= 4 is 10.0 Å². The fourth-order valence-corrected chi connectivity index (χ4v) is 4.81. The van der Waals surface area contributed by atoms with Gasteiger partial charge in [0.1, 0.15) is 5.75 Å². The molecule has 1 aliphatic rings. The molecular formula is C20H22F3NO3S. The van der Waals surface area contributed by atoms with E-state index in [2.05, 4.69) is 21.6 Å². The number of benzene rings is 2. The quantitative estimate of drug-likeness (QED) is 0.738. The summed E-state index contributed by atoms with van der Waals surface area (Å²) in [5, 5.41) is 0. The van der Waals surface area contributed by atoms with E-state index in [0.717, 1.165) is 49.9 Å². The number of halogens is 3. The molecule has 2 aromatic rings. The molecule has 0 bridgehead atoms. The number of alkyl halides is 3. The number of sulfonamides is 1. The van der Waals surface area contributed by atoms with Crippen LogP contribution < -0.4 is 9.46 Å². The van der Waals surface area contributed by atoms with Crippen LogP contribution in [0.25, 0.3) is 0 Å². The average Bonchev–Trinajstić information content (AvgIpc) is 2.66. The first-order chi connectivity index (χ1) is 13.2. The first kappa shape index (κ1) is 20.7. The molecule has 1 fully saturated rings. The summed E-state index contributed by atoms with van der Waals surface area (Å²) in [6, 6.07) is 14.3. The molecule has 0 heterocycles. The third kappa shape index (κ3) is 5.48. The van der Waals surface area contributed by atoms with Crippen molar-refractivity contribution in [2.75, 3.05) is 6.54 Å². The molecule has 1 aliphatic carbocycles. The molecule has 2 aromatic carbocycles. The summed E-state index contributed by atoms with van der Waals surface area (Å²) in [4.78, 5) is -0.0888. The van der Waals surface area contributed by atoms with Crippen molar-refractivity contribution < 1.29 is 26.3 Å². The predicted octanol–water partition coefficient (Wildman–Crippen LogP) is 4.84. The molecular weight excluding hydrogens is 391 g/mol. The van der Waals surface area contributed by atoms with Gasteiger partial charge in [0, 0.05) is 6.54 Å². The van der Waals surface area contributed by atoms with E-state index in [1.165, 1.54) is 5.56 Å². The van der Waals surface area contributed by atoms with Gasteiger partial charge >= 0.3 is 6.36 Å². The van der Waals surface area contributed by atoms with Crippen molar-refractivity contribution in [3.63, 3.8) is 0 Å². The lowest BCUT2D eigenvalue weighted by atomic mass is 9.75. The van der Waals surface area contributed by atoms with Crippen molar-refractivity contribution in [3.8, 4) is 5.75 Å². The smallest absolute Gasteiger partial charge is 0.406 e. The van der Waals surface area contributed by atoms with Crippen LogP contribution in [0.15, 0.2) is 59.5 Å². The van der Waals surface area contributed by atoms with Crippen LogP contribution in [0.5, 0.6) is 5.75 Å². The van der Waals surface area contributed by atoms with Gasteiger partial charge in [0.2, 0.25) is 10.0 Å². The maximum atomic E-state index is 12.5. The second-order valence-electron chi connectivity index (χ2n) is 6.93. The van der Waals surface area contributed by atoms with Crippen LogP contribution in [0.4, 0.5) is 13.2 Å². The fraction of sp³-hybridized carbons (Fsp3) is 0.400. The minimum absolute atomic E-state index is 0.0888. The Morgan fingerprint density at radius 2 is 1.61 bits per heavy atom. The van der Waals surface area contributed by atoms with Gasteiger partial charge in [-0.05, 0) is 54.5 Å². The van der Waals surface area contributed by atoms with Gasteiger partial charge in [-0.15, -0.1) is 13.2 Å². The van der Waals surface area contributed by atoms with E-state index in [1.54, 1.807) is 0 Å². The van der Waals surface area contributed by atoms with E-state index in [4.69, 9.17) is 0 Å². The van der Waals surface area contributed by atoms with Gasteiger partial charge in [0.25, 0.3) is 0 Å². The molecule has 0 saturated heterocycles. The highest BCUT2D eigenvalue weighted by Crippen LogP contribution is 2.37. The summed E-state index contributed by atoms with van der Waals surface area (Å²) >= 11 is 0. The van der Waals surface area contributed by atoms with Gasteiger partial charge in [-0.1, -0.05) is 43.2 Å². The number of hydrogen-bond donors (Lipinski definition) is 1. The summed E-state index contributed by atoms with van der Waals surface area (Å²) in [6.45, 7) is 0.294. The van der Waals surface area contributed by atoms with Gasteiger partial charge in [0.15, 0.2) is 0 Å². The van der Waals surface area contributed by atoms with Crippen LogP contribution in [0.3, 0.4) is 0 Å². The molecule has 0 radical (unpaired) electrons. The second kappa shape index (κ2) is 8.53. The van der Waals surface area contributed by atoms with E-state index in [0.29, 0.717) is 12.5 Å². The maximum absolute atomic E-state index is 12.5. The molecule has 0 amide bonds. The average molecular weight is 413 g/mol.